The van der Waals surface area contributed by atoms with Crippen LogP contribution in [0.2, 0.25) is 0 Å². The van der Waals surface area contributed by atoms with Gasteiger partial charge in [0, 0.05) is 12.6 Å². The van der Waals surface area contributed by atoms with Gasteiger partial charge in [0.05, 0.1) is 0 Å². The third-order valence-electron chi connectivity index (χ3n) is 6.21. The lowest BCUT2D eigenvalue weighted by Gasteiger charge is -2.22. The summed E-state index contributed by atoms with van der Waals surface area (Å²) in [4.78, 5) is 16.6. The van der Waals surface area contributed by atoms with Crippen molar-refractivity contribution in [1.29, 1.82) is 0 Å². The predicted octanol–water partition coefficient (Wildman–Crippen LogP) is 3.68. The van der Waals surface area contributed by atoms with Gasteiger partial charge in [0.15, 0.2) is 23.8 Å². The molecular weight excluding hydrogens is 360 g/mol. The normalized spacial score (nSPS) is 21.5. The van der Waals surface area contributed by atoms with Gasteiger partial charge in [-0.15, -0.1) is 0 Å². The summed E-state index contributed by atoms with van der Waals surface area (Å²) >= 11 is 0. The van der Waals surface area contributed by atoms with Gasteiger partial charge in [-0.25, -0.2) is 4.98 Å². The number of nitrogens with zero attached hydrogens (tertiary/aromatic N) is 1. The Labute approximate surface area is 163 Å². The van der Waals surface area contributed by atoms with Crippen molar-refractivity contribution in [1.82, 2.24) is 10.3 Å². The van der Waals surface area contributed by atoms with Crippen LogP contribution in [0.3, 0.4) is 0 Å². The molecule has 2 saturated carbocycles. The van der Waals surface area contributed by atoms with Crippen LogP contribution in [0.25, 0.3) is 0 Å². The molecule has 7 heteroatoms. The zero-order chi connectivity index (χ0) is 19.0. The second-order valence-electron chi connectivity index (χ2n) is 7.96. The number of amides is 1. The van der Waals surface area contributed by atoms with Crippen LogP contribution >= 0.6 is 0 Å². The molecule has 7 nitrogen and oxygen atoms in total. The average molecular weight is 384 g/mol. The molecule has 3 aliphatic rings. The lowest BCUT2D eigenvalue weighted by Crippen LogP contribution is -2.27. The van der Waals surface area contributed by atoms with E-state index in [0.29, 0.717) is 40.2 Å². The van der Waals surface area contributed by atoms with E-state index in [4.69, 9.17) is 18.6 Å². The van der Waals surface area contributed by atoms with E-state index in [2.05, 4.69) is 10.3 Å². The Balaban J connectivity index is 1.11. The van der Waals surface area contributed by atoms with Crippen molar-refractivity contribution in [2.75, 3.05) is 13.3 Å². The molecule has 1 aromatic carbocycles. The first-order valence-corrected chi connectivity index (χ1v) is 9.97. The second-order valence-corrected chi connectivity index (χ2v) is 7.96. The molecule has 1 N–H and O–H groups in total. The molecule has 28 heavy (non-hydrogen) atoms. The van der Waals surface area contributed by atoms with Gasteiger partial charge in [0.2, 0.25) is 12.7 Å². The minimum atomic E-state index is -0.184. The van der Waals surface area contributed by atoms with E-state index in [1.54, 1.807) is 18.2 Å². The van der Waals surface area contributed by atoms with Crippen molar-refractivity contribution < 1.29 is 23.4 Å². The smallest absolute Gasteiger partial charge is 0.273 e. The van der Waals surface area contributed by atoms with Gasteiger partial charge >= 0.3 is 0 Å². The van der Waals surface area contributed by atoms with Gasteiger partial charge in [-0.3, -0.25) is 4.79 Å². The zero-order valence-corrected chi connectivity index (χ0v) is 15.7. The standard InChI is InChI=1S/C21H24N2O5/c24-20(22-10-14-9-21(14)6-2-1-3-7-21)16-11-26-19(23-16)12-25-15-4-5-17-18(8-15)28-13-27-17/h4-5,8,11,14H,1-3,6-7,9-10,12-13H2,(H,22,24). The van der Waals surface area contributed by atoms with E-state index in [0.717, 1.165) is 6.54 Å². The molecular formula is C21H24N2O5. The first-order chi connectivity index (χ1) is 13.7. The number of ether oxygens (including phenoxy) is 3. The molecule has 1 amide bonds. The maximum atomic E-state index is 12.4. The van der Waals surface area contributed by atoms with Crippen molar-refractivity contribution in [2.45, 2.75) is 45.1 Å². The van der Waals surface area contributed by atoms with E-state index < -0.39 is 0 Å². The SMILES string of the molecule is O=C(NCC1CC12CCCCC2)c1coc(COc2ccc3c(c2)OCO3)n1. The minimum Gasteiger partial charge on any atom is -0.484 e. The lowest BCUT2D eigenvalue weighted by atomic mass is 9.84. The number of rotatable bonds is 6. The summed E-state index contributed by atoms with van der Waals surface area (Å²) in [5, 5.41) is 3.02. The lowest BCUT2D eigenvalue weighted by molar-refractivity contribution is 0.0944. The van der Waals surface area contributed by atoms with Crippen LogP contribution in [-0.2, 0) is 6.61 Å². The van der Waals surface area contributed by atoms with Crippen LogP contribution in [-0.4, -0.2) is 24.2 Å². The molecule has 1 aliphatic heterocycles. The number of nitrogens with one attached hydrogen (secondary N) is 1. The Hall–Kier alpha value is -2.70. The monoisotopic (exact) mass is 384 g/mol. The Morgan fingerprint density at radius 3 is 2.96 bits per heavy atom. The number of carbonyl (C=O) groups excluding carboxylic acids is 1. The van der Waals surface area contributed by atoms with E-state index in [-0.39, 0.29) is 19.3 Å². The highest BCUT2D eigenvalue weighted by atomic mass is 16.7. The number of oxazole rings is 1. The number of benzene rings is 1. The first-order valence-electron chi connectivity index (χ1n) is 9.97. The zero-order valence-electron chi connectivity index (χ0n) is 15.7. The van der Waals surface area contributed by atoms with Crippen molar-refractivity contribution >= 4 is 5.91 Å². The van der Waals surface area contributed by atoms with Gasteiger partial charge in [0.1, 0.15) is 12.0 Å². The Morgan fingerprint density at radius 1 is 1.21 bits per heavy atom. The molecule has 2 heterocycles. The summed E-state index contributed by atoms with van der Waals surface area (Å²) in [5.74, 6) is 2.78. The molecule has 2 aromatic rings. The molecule has 1 spiro atoms. The molecule has 0 radical (unpaired) electrons. The van der Waals surface area contributed by atoms with Crippen molar-refractivity contribution in [3.63, 3.8) is 0 Å². The molecule has 0 saturated heterocycles. The average Bonchev–Trinajstić information content (AvgIpc) is 3.11. The molecule has 5 rings (SSSR count). The van der Waals surface area contributed by atoms with Gasteiger partial charge < -0.3 is 23.9 Å². The van der Waals surface area contributed by atoms with E-state index in [9.17, 15) is 4.79 Å². The Morgan fingerprint density at radius 2 is 2.07 bits per heavy atom. The summed E-state index contributed by atoms with van der Waals surface area (Å²) in [6.07, 6.45) is 9.30. The predicted molar refractivity (Wildman–Crippen MR) is 99.4 cm³/mol. The quantitative estimate of drug-likeness (QED) is 0.818. The van der Waals surface area contributed by atoms with Crippen molar-refractivity contribution in [3.05, 3.63) is 36.0 Å². The Kier molecular flexibility index (Phi) is 4.37. The summed E-state index contributed by atoms with van der Waals surface area (Å²) in [7, 11) is 0. The fourth-order valence-corrected chi connectivity index (χ4v) is 4.49. The molecule has 0 bridgehead atoms. The highest BCUT2D eigenvalue weighted by Gasteiger charge is 2.53. The third-order valence-corrected chi connectivity index (χ3v) is 6.21. The molecule has 1 unspecified atom stereocenters. The third kappa shape index (κ3) is 3.41. The fourth-order valence-electron chi connectivity index (χ4n) is 4.49. The van der Waals surface area contributed by atoms with Gasteiger partial charge in [-0.2, -0.15) is 0 Å². The van der Waals surface area contributed by atoms with E-state index in [1.807, 2.05) is 0 Å². The maximum Gasteiger partial charge on any atom is 0.273 e. The molecule has 2 fully saturated rings. The summed E-state index contributed by atoms with van der Waals surface area (Å²) < 4.78 is 21.6. The van der Waals surface area contributed by atoms with E-state index in [1.165, 1.54) is 44.8 Å². The van der Waals surface area contributed by atoms with Crippen molar-refractivity contribution in [2.24, 2.45) is 11.3 Å². The first kappa shape index (κ1) is 17.4. The highest BCUT2D eigenvalue weighted by Crippen LogP contribution is 2.61. The molecule has 1 aromatic heterocycles. The van der Waals surface area contributed by atoms with Crippen LogP contribution in [0.15, 0.2) is 28.9 Å². The van der Waals surface area contributed by atoms with Gasteiger partial charge in [-0.05, 0) is 42.7 Å². The summed E-state index contributed by atoms with van der Waals surface area (Å²) in [6.45, 7) is 1.09. The Bertz CT molecular complexity index is 871. The van der Waals surface area contributed by atoms with Crippen LogP contribution in [0.5, 0.6) is 17.2 Å². The largest absolute Gasteiger partial charge is 0.484 e. The van der Waals surface area contributed by atoms with Crippen molar-refractivity contribution in [3.8, 4) is 17.2 Å². The number of fused-ring (bicyclic) bond motifs is 1. The van der Waals surface area contributed by atoms with Crippen LogP contribution < -0.4 is 19.5 Å². The number of hydrogen-bond acceptors (Lipinski definition) is 6. The van der Waals surface area contributed by atoms with Gasteiger partial charge in [-0.1, -0.05) is 19.3 Å². The molecule has 2 aliphatic carbocycles. The number of aromatic nitrogens is 1. The fraction of sp³-hybridized carbons (Fsp3) is 0.524. The summed E-state index contributed by atoms with van der Waals surface area (Å²) in [6, 6.07) is 5.35. The van der Waals surface area contributed by atoms with Crippen LogP contribution in [0, 0.1) is 11.3 Å². The second kappa shape index (κ2) is 7.04. The van der Waals surface area contributed by atoms with Crippen LogP contribution in [0.4, 0.5) is 0 Å². The topological polar surface area (TPSA) is 82.8 Å². The highest BCUT2D eigenvalue weighted by molar-refractivity contribution is 5.91. The van der Waals surface area contributed by atoms with E-state index >= 15 is 0 Å². The minimum absolute atomic E-state index is 0.138. The number of hydrogen-bond donors (Lipinski definition) is 1. The molecule has 1 atom stereocenters. The molecule has 148 valence electrons. The number of carbonyl (C=O) groups is 1. The maximum absolute atomic E-state index is 12.4. The van der Waals surface area contributed by atoms with Crippen LogP contribution in [0.1, 0.15) is 54.9 Å². The van der Waals surface area contributed by atoms with Gasteiger partial charge in [0.25, 0.3) is 5.91 Å². The summed E-state index contributed by atoms with van der Waals surface area (Å²) in [5.41, 5.74) is 0.807.